The Morgan fingerprint density at radius 3 is 2.88 bits per heavy atom. The minimum absolute atomic E-state index is 0.128. The fourth-order valence-corrected chi connectivity index (χ4v) is 2.16. The van der Waals surface area contributed by atoms with Crippen molar-refractivity contribution in [2.45, 2.75) is 32.7 Å². The predicted octanol–water partition coefficient (Wildman–Crippen LogP) is 0.869. The molecule has 4 nitrogen and oxygen atoms in total. The van der Waals surface area contributed by atoms with Crippen molar-refractivity contribution in [2.75, 3.05) is 33.3 Å². The van der Waals surface area contributed by atoms with Crippen LogP contribution in [0.2, 0.25) is 0 Å². The summed E-state index contributed by atoms with van der Waals surface area (Å²) >= 11 is 0. The minimum atomic E-state index is -0.157. The van der Waals surface area contributed by atoms with Gasteiger partial charge in [-0.05, 0) is 39.3 Å². The van der Waals surface area contributed by atoms with Gasteiger partial charge in [-0.2, -0.15) is 0 Å². The standard InChI is InChI=1S/C12H24N2O2/c1-4-16-12(15)11(13-3)6-8-14-7-5-10(2)9-14/h10-11,13H,4-9H2,1-3H3. The molecule has 0 aliphatic carbocycles. The zero-order valence-corrected chi connectivity index (χ0v) is 10.7. The van der Waals surface area contributed by atoms with Crippen LogP contribution in [0.25, 0.3) is 0 Å². The number of hydrogen-bond acceptors (Lipinski definition) is 4. The summed E-state index contributed by atoms with van der Waals surface area (Å²) in [5.74, 6) is 0.674. The van der Waals surface area contributed by atoms with E-state index in [4.69, 9.17) is 4.74 Å². The van der Waals surface area contributed by atoms with E-state index in [0.717, 1.165) is 18.9 Å². The van der Waals surface area contributed by atoms with Gasteiger partial charge in [0.2, 0.25) is 0 Å². The highest BCUT2D eigenvalue weighted by atomic mass is 16.5. The molecule has 1 aliphatic rings. The lowest BCUT2D eigenvalue weighted by molar-refractivity contribution is -0.145. The van der Waals surface area contributed by atoms with E-state index >= 15 is 0 Å². The molecule has 1 rings (SSSR count). The molecule has 0 amide bonds. The highest BCUT2D eigenvalue weighted by molar-refractivity contribution is 5.75. The lowest BCUT2D eigenvalue weighted by atomic mass is 10.2. The second-order valence-corrected chi connectivity index (χ2v) is 4.58. The summed E-state index contributed by atoms with van der Waals surface area (Å²) in [6.45, 7) is 7.89. The molecule has 1 N–H and O–H groups in total. The summed E-state index contributed by atoms with van der Waals surface area (Å²) in [5, 5.41) is 3.02. The Labute approximate surface area is 98.3 Å². The van der Waals surface area contributed by atoms with Crippen molar-refractivity contribution in [3.8, 4) is 0 Å². The molecule has 0 radical (unpaired) electrons. The first-order valence-corrected chi connectivity index (χ1v) is 6.23. The van der Waals surface area contributed by atoms with Crippen LogP contribution in [-0.2, 0) is 9.53 Å². The zero-order valence-electron chi connectivity index (χ0n) is 10.7. The predicted molar refractivity (Wildman–Crippen MR) is 64.3 cm³/mol. The molecule has 1 aliphatic heterocycles. The maximum absolute atomic E-state index is 11.5. The fraction of sp³-hybridized carbons (Fsp3) is 0.917. The van der Waals surface area contributed by atoms with Gasteiger partial charge < -0.3 is 15.0 Å². The third-order valence-electron chi connectivity index (χ3n) is 3.16. The Kier molecular flexibility index (Phi) is 5.77. The maximum Gasteiger partial charge on any atom is 0.323 e. The molecule has 0 aromatic carbocycles. The quantitative estimate of drug-likeness (QED) is 0.685. The Balaban J connectivity index is 2.25. The molecule has 2 atom stereocenters. The van der Waals surface area contributed by atoms with Crippen LogP contribution in [-0.4, -0.2) is 50.2 Å². The molecular formula is C12H24N2O2. The van der Waals surface area contributed by atoms with E-state index in [9.17, 15) is 4.79 Å². The van der Waals surface area contributed by atoms with Crippen molar-refractivity contribution in [2.24, 2.45) is 5.92 Å². The Hall–Kier alpha value is -0.610. The van der Waals surface area contributed by atoms with E-state index < -0.39 is 0 Å². The van der Waals surface area contributed by atoms with Crippen molar-refractivity contribution in [3.05, 3.63) is 0 Å². The summed E-state index contributed by atoms with van der Waals surface area (Å²) in [6.07, 6.45) is 2.12. The second-order valence-electron chi connectivity index (χ2n) is 4.58. The van der Waals surface area contributed by atoms with Crippen LogP contribution in [0.4, 0.5) is 0 Å². The van der Waals surface area contributed by atoms with Gasteiger partial charge in [-0.1, -0.05) is 6.92 Å². The molecule has 94 valence electrons. The number of hydrogen-bond donors (Lipinski definition) is 1. The van der Waals surface area contributed by atoms with Crippen LogP contribution in [0, 0.1) is 5.92 Å². The zero-order chi connectivity index (χ0) is 12.0. The number of nitrogens with zero attached hydrogens (tertiary/aromatic N) is 1. The van der Waals surface area contributed by atoms with Crippen molar-refractivity contribution < 1.29 is 9.53 Å². The van der Waals surface area contributed by atoms with Crippen molar-refractivity contribution in [1.82, 2.24) is 10.2 Å². The average molecular weight is 228 g/mol. The fourth-order valence-electron chi connectivity index (χ4n) is 2.16. The van der Waals surface area contributed by atoms with Gasteiger partial charge in [0.15, 0.2) is 0 Å². The van der Waals surface area contributed by atoms with E-state index in [1.807, 2.05) is 14.0 Å². The summed E-state index contributed by atoms with van der Waals surface area (Å²) in [7, 11) is 1.81. The molecule has 2 unspecified atom stereocenters. The lowest BCUT2D eigenvalue weighted by Gasteiger charge is -2.19. The molecule has 0 bridgehead atoms. The van der Waals surface area contributed by atoms with Crippen LogP contribution >= 0.6 is 0 Å². The lowest BCUT2D eigenvalue weighted by Crippen LogP contribution is -2.38. The molecule has 1 fully saturated rings. The number of nitrogens with one attached hydrogen (secondary N) is 1. The van der Waals surface area contributed by atoms with E-state index in [-0.39, 0.29) is 12.0 Å². The molecule has 1 saturated heterocycles. The van der Waals surface area contributed by atoms with Gasteiger partial charge in [-0.15, -0.1) is 0 Å². The minimum Gasteiger partial charge on any atom is -0.465 e. The van der Waals surface area contributed by atoms with E-state index in [1.165, 1.54) is 19.5 Å². The van der Waals surface area contributed by atoms with E-state index in [0.29, 0.717) is 6.61 Å². The topological polar surface area (TPSA) is 41.6 Å². The van der Waals surface area contributed by atoms with Crippen LogP contribution in [0.15, 0.2) is 0 Å². The first kappa shape index (κ1) is 13.5. The van der Waals surface area contributed by atoms with Gasteiger partial charge in [-0.25, -0.2) is 0 Å². The highest BCUT2D eigenvalue weighted by Gasteiger charge is 2.22. The largest absolute Gasteiger partial charge is 0.465 e. The second kappa shape index (κ2) is 6.86. The van der Waals surface area contributed by atoms with Crippen molar-refractivity contribution >= 4 is 5.97 Å². The van der Waals surface area contributed by atoms with Crippen LogP contribution in [0.3, 0.4) is 0 Å². The third-order valence-corrected chi connectivity index (χ3v) is 3.16. The van der Waals surface area contributed by atoms with Crippen molar-refractivity contribution in [3.63, 3.8) is 0 Å². The van der Waals surface area contributed by atoms with Gasteiger partial charge in [0.25, 0.3) is 0 Å². The summed E-state index contributed by atoms with van der Waals surface area (Å²) in [5.41, 5.74) is 0. The number of rotatable bonds is 6. The Bertz CT molecular complexity index is 221. The highest BCUT2D eigenvalue weighted by Crippen LogP contribution is 2.15. The number of likely N-dealkylation sites (tertiary alicyclic amines) is 1. The van der Waals surface area contributed by atoms with Gasteiger partial charge in [-0.3, -0.25) is 4.79 Å². The monoisotopic (exact) mass is 228 g/mol. The Morgan fingerprint density at radius 2 is 2.38 bits per heavy atom. The Morgan fingerprint density at radius 1 is 1.62 bits per heavy atom. The van der Waals surface area contributed by atoms with Crippen LogP contribution in [0.5, 0.6) is 0 Å². The maximum atomic E-state index is 11.5. The molecule has 0 aromatic rings. The summed E-state index contributed by atoms with van der Waals surface area (Å²) < 4.78 is 5.01. The van der Waals surface area contributed by atoms with Gasteiger partial charge in [0, 0.05) is 13.1 Å². The van der Waals surface area contributed by atoms with Crippen LogP contribution < -0.4 is 5.32 Å². The van der Waals surface area contributed by atoms with Gasteiger partial charge >= 0.3 is 5.97 Å². The smallest absolute Gasteiger partial charge is 0.323 e. The van der Waals surface area contributed by atoms with Crippen LogP contribution in [0.1, 0.15) is 26.7 Å². The molecule has 0 saturated carbocycles. The van der Waals surface area contributed by atoms with E-state index in [2.05, 4.69) is 17.1 Å². The summed E-state index contributed by atoms with van der Waals surface area (Å²) in [6, 6.07) is -0.157. The summed E-state index contributed by atoms with van der Waals surface area (Å²) in [4.78, 5) is 14.0. The number of carbonyl (C=O) groups excluding carboxylic acids is 1. The number of likely N-dealkylation sites (N-methyl/N-ethyl adjacent to an activating group) is 1. The average Bonchev–Trinajstić information content (AvgIpc) is 2.65. The van der Waals surface area contributed by atoms with E-state index in [1.54, 1.807) is 0 Å². The molecule has 1 heterocycles. The van der Waals surface area contributed by atoms with Gasteiger partial charge in [0.1, 0.15) is 6.04 Å². The molecule has 16 heavy (non-hydrogen) atoms. The molecule has 4 heteroatoms. The normalized spacial score (nSPS) is 23.3. The molecular weight excluding hydrogens is 204 g/mol. The van der Waals surface area contributed by atoms with Crippen molar-refractivity contribution in [1.29, 1.82) is 0 Å². The first-order chi connectivity index (χ1) is 7.67. The first-order valence-electron chi connectivity index (χ1n) is 6.23. The molecule has 0 spiro atoms. The number of ether oxygens (including phenoxy) is 1. The number of esters is 1. The number of carbonyl (C=O) groups is 1. The third kappa shape index (κ3) is 4.10. The van der Waals surface area contributed by atoms with Gasteiger partial charge in [0.05, 0.1) is 6.61 Å². The molecule has 0 aromatic heterocycles. The SMILES string of the molecule is CCOC(=O)C(CCN1CCC(C)C1)NC.